The van der Waals surface area contributed by atoms with Gasteiger partial charge in [-0.2, -0.15) is 4.98 Å². The van der Waals surface area contributed by atoms with E-state index < -0.39 is 0 Å². The zero-order valence-corrected chi connectivity index (χ0v) is 9.90. The Labute approximate surface area is 95.3 Å². The van der Waals surface area contributed by atoms with Gasteiger partial charge in [-0.1, -0.05) is 18.5 Å². The standard InChI is InChI=1S/C11H19N3O2/c1-3-5-8(12)9-13-10(14-16-9)11(2)6-4-7-15-11/h8H,3-7,12H2,1-2H3/t8-,11?/m1/s1. The topological polar surface area (TPSA) is 74.2 Å². The van der Waals surface area contributed by atoms with Crippen molar-refractivity contribution in [3.8, 4) is 0 Å². The van der Waals surface area contributed by atoms with Crippen LogP contribution in [0.15, 0.2) is 4.52 Å². The Balaban J connectivity index is 2.12. The minimum absolute atomic E-state index is 0.156. The Morgan fingerprint density at radius 1 is 1.56 bits per heavy atom. The smallest absolute Gasteiger partial charge is 0.243 e. The third-order valence-electron chi connectivity index (χ3n) is 3.05. The second-order valence-corrected chi connectivity index (χ2v) is 4.53. The van der Waals surface area contributed by atoms with Crippen molar-refractivity contribution in [2.75, 3.05) is 6.61 Å². The van der Waals surface area contributed by atoms with Crippen LogP contribution in [0.2, 0.25) is 0 Å². The molecule has 1 aliphatic rings. The van der Waals surface area contributed by atoms with Crippen LogP contribution in [0.3, 0.4) is 0 Å². The van der Waals surface area contributed by atoms with Crippen molar-refractivity contribution in [3.05, 3.63) is 11.7 Å². The predicted octanol–water partition coefficient (Wildman–Crippen LogP) is 1.90. The summed E-state index contributed by atoms with van der Waals surface area (Å²) in [6.45, 7) is 4.85. The average Bonchev–Trinajstić information content (AvgIpc) is 2.86. The maximum Gasteiger partial charge on any atom is 0.243 e. The van der Waals surface area contributed by atoms with Gasteiger partial charge in [-0.3, -0.25) is 0 Å². The maximum atomic E-state index is 5.92. The molecule has 2 N–H and O–H groups in total. The first-order valence-electron chi connectivity index (χ1n) is 5.89. The fraction of sp³-hybridized carbons (Fsp3) is 0.818. The molecule has 0 spiro atoms. The van der Waals surface area contributed by atoms with E-state index in [-0.39, 0.29) is 11.6 Å². The molecule has 2 heterocycles. The lowest BCUT2D eigenvalue weighted by Gasteiger charge is -2.17. The lowest BCUT2D eigenvalue weighted by Crippen LogP contribution is -2.22. The summed E-state index contributed by atoms with van der Waals surface area (Å²) in [7, 11) is 0. The van der Waals surface area contributed by atoms with Crippen molar-refractivity contribution in [3.63, 3.8) is 0 Å². The molecule has 1 unspecified atom stereocenters. The van der Waals surface area contributed by atoms with Crippen LogP contribution in [-0.2, 0) is 10.3 Å². The number of rotatable bonds is 4. The SMILES string of the molecule is CCC[C@@H](N)c1nc(C2(C)CCCO2)no1. The molecule has 0 radical (unpaired) electrons. The van der Waals surface area contributed by atoms with E-state index in [1.807, 2.05) is 6.92 Å². The zero-order chi connectivity index (χ0) is 11.6. The molecular formula is C11H19N3O2. The van der Waals surface area contributed by atoms with Gasteiger partial charge in [0.1, 0.15) is 5.60 Å². The van der Waals surface area contributed by atoms with Crippen LogP contribution in [0.1, 0.15) is 57.3 Å². The number of nitrogens with two attached hydrogens (primary N) is 1. The van der Waals surface area contributed by atoms with Crippen LogP contribution in [-0.4, -0.2) is 16.7 Å². The highest BCUT2D eigenvalue weighted by Gasteiger charge is 2.37. The van der Waals surface area contributed by atoms with E-state index >= 15 is 0 Å². The van der Waals surface area contributed by atoms with Crippen LogP contribution in [0.5, 0.6) is 0 Å². The summed E-state index contributed by atoms with van der Waals surface area (Å²) in [5, 5.41) is 3.98. The van der Waals surface area contributed by atoms with E-state index in [2.05, 4.69) is 17.1 Å². The molecule has 1 aliphatic heterocycles. The van der Waals surface area contributed by atoms with Gasteiger partial charge in [-0.05, 0) is 26.2 Å². The molecule has 2 atom stereocenters. The second-order valence-electron chi connectivity index (χ2n) is 4.53. The Hall–Kier alpha value is -0.940. The Morgan fingerprint density at radius 3 is 3.00 bits per heavy atom. The van der Waals surface area contributed by atoms with Gasteiger partial charge in [-0.25, -0.2) is 0 Å². The molecule has 1 fully saturated rings. The molecule has 0 aliphatic carbocycles. The lowest BCUT2D eigenvalue weighted by molar-refractivity contribution is 0.00768. The second kappa shape index (κ2) is 4.51. The van der Waals surface area contributed by atoms with Crippen LogP contribution in [0, 0.1) is 0 Å². The molecule has 5 heteroatoms. The first-order valence-corrected chi connectivity index (χ1v) is 5.89. The molecule has 0 aromatic carbocycles. The van der Waals surface area contributed by atoms with E-state index in [0.717, 1.165) is 32.3 Å². The van der Waals surface area contributed by atoms with Crippen molar-refractivity contribution in [1.29, 1.82) is 0 Å². The number of hydrogen-bond acceptors (Lipinski definition) is 5. The quantitative estimate of drug-likeness (QED) is 0.847. The maximum absolute atomic E-state index is 5.92. The van der Waals surface area contributed by atoms with Gasteiger partial charge in [0.25, 0.3) is 0 Å². The third-order valence-corrected chi connectivity index (χ3v) is 3.05. The molecule has 0 amide bonds. The monoisotopic (exact) mass is 225 g/mol. The number of ether oxygens (including phenoxy) is 1. The summed E-state index contributed by atoms with van der Waals surface area (Å²) in [4.78, 5) is 4.35. The van der Waals surface area contributed by atoms with Crippen molar-refractivity contribution in [2.24, 2.45) is 5.73 Å². The van der Waals surface area contributed by atoms with Crippen molar-refractivity contribution < 1.29 is 9.26 Å². The molecule has 0 saturated carbocycles. The first kappa shape index (κ1) is 11.5. The van der Waals surface area contributed by atoms with Crippen LogP contribution < -0.4 is 5.73 Å². The molecule has 1 saturated heterocycles. The first-order chi connectivity index (χ1) is 7.65. The molecule has 5 nitrogen and oxygen atoms in total. The zero-order valence-electron chi connectivity index (χ0n) is 9.90. The molecule has 0 bridgehead atoms. The summed E-state index contributed by atoms with van der Waals surface area (Å²) in [5.74, 6) is 1.15. The molecule has 1 aromatic rings. The van der Waals surface area contributed by atoms with E-state index in [9.17, 15) is 0 Å². The molecule has 16 heavy (non-hydrogen) atoms. The Bertz CT molecular complexity index is 345. The fourth-order valence-electron chi connectivity index (χ4n) is 1.99. The average molecular weight is 225 g/mol. The van der Waals surface area contributed by atoms with Gasteiger partial charge >= 0.3 is 0 Å². The summed E-state index contributed by atoms with van der Waals surface area (Å²) in [5.41, 5.74) is 5.54. The summed E-state index contributed by atoms with van der Waals surface area (Å²) >= 11 is 0. The van der Waals surface area contributed by atoms with E-state index in [1.54, 1.807) is 0 Å². The highest BCUT2D eigenvalue weighted by atomic mass is 16.5. The number of hydrogen-bond donors (Lipinski definition) is 1. The highest BCUT2D eigenvalue weighted by molar-refractivity contribution is 5.03. The summed E-state index contributed by atoms with van der Waals surface area (Å²) in [6, 6.07) is -0.156. The van der Waals surface area contributed by atoms with Gasteiger partial charge < -0.3 is 15.0 Å². The lowest BCUT2D eigenvalue weighted by atomic mass is 10.0. The van der Waals surface area contributed by atoms with Crippen LogP contribution >= 0.6 is 0 Å². The minimum atomic E-state index is -0.381. The Kier molecular flexibility index (Phi) is 3.25. The van der Waals surface area contributed by atoms with Crippen molar-refractivity contribution >= 4 is 0 Å². The van der Waals surface area contributed by atoms with E-state index in [0.29, 0.717) is 11.7 Å². The van der Waals surface area contributed by atoms with E-state index in [4.69, 9.17) is 15.0 Å². The van der Waals surface area contributed by atoms with Gasteiger partial charge in [0.15, 0.2) is 0 Å². The molecule has 1 aromatic heterocycles. The summed E-state index contributed by atoms with van der Waals surface area (Å²) in [6.07, 6.45) is 3.85. The van der Waals surface area contributed by atoms with Gasteiger partial charge in [-0.15, -0.1) is 0 Å². The van der Waals surface area contributed by atoms with E-state index in [1.165, 1.54) is 0 Å². The molecule has 2 rings (SSSR count). The van der Waals surface area contributed by atoms with Crippen molar-refractivity contribution in [1.82, 2.24) is 10.1 Å². The molecular weight excluding hydrogens is 206 g/mol. The minimum Gasteiger partial charge on any atom is -0.367 e. The normalized spacial score (nSPS) is 27.2. The number of nitrogens with zero attached hydrogens (tertiary/aromatic N) is 2. The molecule has 90 valence electrons. The predicted molar refractivity (Wildman–Crippen MR) is 58.7 cm³/mol. The number of aromatic nitrogens is 2. The van der Waals surface area contributed by atoms with Gasteiger partial charge in [0.2, 0.25) is 11.7 Å². The third kappa shape index (κ3) is 2.10. The van der Waals surface area contributed by atoms with Crippen molar-refractivity contribution in [2.45, 2.75) is 51.2 Å². The van der Waals surface area contributed by atoms with Crippen LogP contribution in [0.4, 0.5) is 0 Å². The summed E-state index contributed by atoms with van der Waals surface area (Å²) < 4.78 is 10.8. The Morgan fingerprint density at radius 2 is 2.38 bits per heavy atom. The van der Waals surface area contributed by atoms with Crippen LogP contribution in [0.25, 0.3) is 0 Å². The largest absolute Gasteiger partial charge is 0.367 e. The van der Waals surface area contributed by atoms with Gasteiger partial charge in [0, 0.05) is 6.61 Å². The highest BCUT2D eigenvalue weighted by Crippen LogP contribution is 2.34. The fourth-order valence-corrected chi connectivity index (χ4v) is 1.99. The van der Waals surface area contributed by atoms with Gasteiger partial charge in [0.05, 0.1) is 6.04 Å².